The van der Waals surface area contributed by atoms with Crippen LogP contribution >= 0.6 is 11.6 Å². The molecule has 5 rings (SSSR count). The van der Waals surface area contributed by atoms with Crippen molar-refractivity contribution in [1.29, 1.82) is 0 Å². The Bertz CT molecular complexity index is 786. The molecule has 0 unspecified atom stereocenters. The van der Waals surface area contributed by atoms with Crippen LogP contribution in [-0.4, -0.2) is 62.2 Å². The molecule has 1 aromatic heterocycles. The number of rotatable bonds is 5. The maximum absolute atomic E-state index is 6.19. The fourth-order valence-electron chi connectivity index (χ4n) is 5.59. The number of aromatic nitrogens is 4. The molecule has 1 aliphatic heterocycles. The molecule has 0 amide bonds. The molecule has 0 bridgehead atoms. The third-order valence-corrected chi connectivity index (χ3v) is 7.43. The molecule has 0 spiro atoms. The van der Waals surface area contributed by atoms with Gasteiger partial charge < -0.3 is 0 Å². The van der Waals surface area contributed by atoms with E-state index >= 15 is 0 Å². The molecular weight excluding hydrogens is 384 g/mol. The van der Waals surface area contributed by atoms with Gasteiger partial charge in [-0.15, -0.1) is 5.10 Å². The molecule has 6 nitrogen and oxygen atoms in total. The topological polar surface area (TPSA) is 50.1 Å². The second-order valence-electron chi connectivity index (χ2n) is 8.88. The van der Waals surface area contributed by atoms with Gasteiger partial charge in [0, 0.05) is 37.2 Å². The van der Waals surface area contributed by atoms with Crippen LogP contribution in [0.1, 0.15) is 74.8 Å². The van der Waals surface area contributed by atoms with Gasteiger partial charge in [-0.2, -0.15) is 0 Å². The zero-order valence-electron chi connectivity index (χ0n) is 17.1. The lowest BCUT2D eigenvalue weighted by Crippen LogP contribution is -2.51. The molecule has 2 aliphatic carbocycles. The Morgan fingerprint density at radius 1 is 0.828 bits per heavy atom. The molecule has 156 valence electrons. The maximum atomic E-state index is 6.19. The van der Waals surface area contributed by atoms with E-state index in [2.05, 4.69) is 42.1 Å². The van der Waals surface area contributed by atoms with Crippen molar-refractivity contribution in [1.82, 2.24) is 30.0 Å². The van der Waals surface area contributed by atoms with Crippen LogP contribution in [0.3, 0.4) is 0 Å². The van der Waals surface area contributed by atoms with E-state index in [1.807, 2.05) is 12.1 Å². The van der Waals surface area contributed by atoms with E-state index in [0.29, 0.717) is 6.04 Å². The predicted molar refractivity (Wildman–Crippen MR) is 114 cm³/mol. The average molecular weight is 415 g/mol. The van der Waals surface area contributed by atoms with E-state index in [1.54, 1.807) is 0 Å². The predicted octanol–water partition coefficient (Wildman–Crippen LogP) is 4.09. The van der Waals surface area contributed by atoms with E-state index in [0.717, 1.165) is 43.1 Å². The third-order valence-electron chi connectivity index (χ3n) is 7.17. The van der Waals surface area contributed by atoms with Crippen LogP contribution in [0.25, 0.3) is 0 Å². The Balaban J connectivity index is 1.41. The second-order valence-corrected chi connectivity index (χ2v) is 9.32. The smallest absolute Gasteiger partial charge is 0.173 e. The third kappa shape index (κ3) is 4.07. The quantitative estimate of drug-likeness (QED) is 0.737. The van der Waals surface area contributed by atoms with Gasteiger partial charge >= 0.3 is 0 Å². The average Bonchev–Trinajstić information content (AvgIpc) is 3.52. The molecule has 2 aromatic rings. The van der Waals surface area contributed by atoms with Gasteiger partial charge in [0.15, 0.2) is 5.82 Å². The lowest BCUT2D eigenvalue weighted by Gasteiger charge is -2.41. The summed E-state index contributed by atoms with van der Waals surface area (Å²) < 4.78 is 2.12. The first kappa shape index (κ1) is 19.5. The lowest BCUT2D eigenvalue weighted by atomic mass is 10.0. The van der Waals surface area contributed by atoms with Crippen molar-refractivity contribution in [3.63, 3.8) is 0 Å². The van der Waals surface area contributed by atoms with Crippen molar-refractivity contribution < 1.29 is 0 Å². The number of hydrogen-bond donors (Lipinski definition) is 0. The van der Waals surface area contributed by atoms with Crippen LogP contribution in [0.5, 0.6) is 0 Å². The van der Waals surface area contributed by atoms with Crippen molar-refractivity contribution in [3.05, 3.63) is 40.7 Å². The number of halogens is 1. The first-order chi connectivity index (χ1) is 14.3. The number of piperazine rings is 1. The van der Waals surface area contributed by atoms with Gasteiger partial charge in [0.05, 0.1) is 12.1 Å². The molecule has 3 aliphatic rings. The summed E-state index contributed by atoms with van der Waals surface area (Å²) in [6.45, 7) is 4.39. The summed E-state index contributed by atoms with van der Waals surface area (Å²) in [4.78, 5) is 5.29. The number of nitrogens with zero attached hydrogens (tertiary/aromatic N) is 6. The van der Waals surface area contributed by atoms with Crippen LogP contribution in [0.2, 0.25) is 5.02 Å². The van der Waals surface area contributed by atoms with Crippen LogP contribution in [0.15, 0.2) is 24.3 Å². The van der Waals surface area contributed by atoms with Gasteiger partial charge in [-0.05, 0) is 53.8 Å². The summed E-state index contributed by atoms with van der Waals surface area (Å²) in [7, 11) is 0. The Kier molecular flexibility index (Phi) is 5.84. The van der Waals surface area contributed by atoms with E-state index in [-0.39, 0.29) is 6.04 Å². The Morgan fingerprint density at radius 3 is 2.10 bits per heavy atom. The highest BCUT2D eigenvalue weighted by molar-refractivity contribution is 6.30. The Hall–Kier alpha value is -1.50. The maximum Gasteiger partial charge on any atom is 0.173 e. The summed E-state index contributed by atoms with van der Waals surface area (Å²) in [5.41, 5.74) is 1.23. The van der Waals surface area contributed by atoms with Gasteiger partial charge in [0.1, 0.15) is 0 Å². The number of benzene rings is 1. The highest BCUT2D eigenvalue weighted by Crippen LogP contribution is 2.35. The van der Waals surface area contributed by atoms with Gasteiger partial charge in [0.2, 0.25) is 0 Å². The molecule has 3 fully saturated rings. The summed E-state index contributed by atoms with van der Waals surface area (Å²) in [6.07, 6.45) is 10.5. The summed E-state index contributed by atoms with van der Waals surface area (Å²) in [6, 6.07) is 9.59. The number of hydrogen-bond acceptors (Lipinski definition) is 5. The van der Waals surface area contributed by atoms with Crippen molar-refractivity contribution in [2.24, 2.45) is 0 Å². The van der Waals surface area contributed by atoms with Crippen molar-refractivity contribution in [2.45, 2.75) is 69.5 Å². The van der Waals surface area contributed by atoms with Crippen LogP contribution < -0.4 is 0 Å². The van der Waals surface area contributed by atoms with E-state index in [1.165, 1.54) is 56.9 Å². The molecule has 1 atom stereocenters. The summed E-state index contributed by atoms with van der Waals surface area (Å²) in [5.74, 6) is 0.994. The SMILES string of the molecule is Clc1ccc([C@H](c2nnnn2C2CCCC2)N2CCN(C3CCCC3)CC2)cc1. The van der Waals surface area contributed by atoms with Crippen LogP contribution in [0, 0.1) is 0 Å². The molecular formula is C22H31ClN6. The Morgan fingerprint density at radius 2 is 1.45 bits per heavy atom. The van der Waals surface area contributed by atoms with Crippen molar-refractivity contribution >= 4 is 11.6 Å². The lowest BCUT2D eigenvalue weighted by molar-refractivity contribution is 0.0765. The van der Waals surface area contributed by atoms with Gasteiger partial charge in [-0.3, -0.25) is 9.80 Å². The zero-order chi connectivity index (χ0) is 19.6. The number of tetrazole rings is 1. The minimum atomic E-state index is 0.0913. The summed E-state index contributed by atoms with van der Waals surface area (Å²) in [5, 5.41) is 13.8. The fraction of sp³-hybridized carbons (Fsp3) is 0.682. The highest BCUT2D eigenvalue weighted by atomic mass is 35.5. The standard InChI is InChI=1S/C22H31ClN6/c23-18-11-9-17(10-12-18)21(22-24-25-26-29(22)20-7-3-4-8-20)28-15-13-27(14-16-28)19-5-1-2-6-19/h9-12,19-21H,1-8,13-16H2/t21-/m1/s1. The summed E-state index contributed by atoms with van der Waals surface area (Å²) >= 11 is 6.19. The second kappa shape index (κ2) is 8.70. The normalized spacial score (nSPS) is 23.8. The van der Waals surface area contributed by atoms with Crippen LogP contribution in [-0.2, 0) is 0 Å². The molecule has 0 radical (unpaired) electrons. The minimum Gasteiger partial charge on any atom is -0.298 e. The van der Waals surface area contributed by atoms with Crippen LogP contribution in [0.4, 0.5) is 0 Å². The van der Waals surface area contributed by atoms with Crippen molar-refractivity contribution in [2.75, 3.05) is 26.2 Å². The molecule has 7 heteroatoms. The molecule has 0 N–H and O–H groups in total. The zero-order valence-corrected chi connectivity index (χ0v) is 17.8. The van der Waals surface area contributed by atoms with Gasteiger partial charge in [-0.25, -0.2) is 4.68 Å². The highest BCUT2D eigenvalue weighted by Gasteiger charge is 2.34. The molecule has 1 aromatic carbocycles. The monoisotopic (exact) mass is 414 g/mol. The van der Waals surface area contributed by atoms with E-state index in [9.17, 15) is 0 Å². The van der Waals surface area contributed by atoms with Gasteiger partial charge in [-0.1, -0.05) is 49.4 Å². The molecule has 1 saturated heterocycles. The Labute approximate surface area is 178 Å². The minimum absolute atomic E-state index is 0.0913. The van der Waals surface area contributed by atoms with Gasteiger partial charge in [0.25, 0.3) is 0 Å². The van der Waals surface area contributed by atoms with E-state index < -0.39 is 0 Å². The first-order valence-electron chi connectivity index (χ1n) is 11.3. The largest absolute Gasteiger partial charge is 0.298 e. The fourth-order valence-corrected chi connectivity index (χ4v) is 5.71. The molecule has 2 heterocycles. The molecule has 2 saturated carbocycles. The van der Waals surface area contributed by atoms with Crippen molar-refractivity contribution in [3.8, 4) is 0 Å². The van der Waals surface area contributed by atoms with E-state index in [4.69, 9.17) is 11.6 Å². The molecule has 29 heavy (non-hydrogen) atoms. The first-order valence-corrected chi connectivity index (χ1v) is 11.7.